The quantitative estimate of drug-likeness (QED) is 0.310. The standard InChI is InChI=1S/C27H26BrN3O6/c1-36-24-16-18(8-13-23(24)30-27(35)29-22-7-3-2-6-21(22)28)17-25(32)31(14-4-5-15-31)37-20-11-9-19(10-12-20)26(33)34/h2-3,6-13,16H,4-5,14-15,17H2,1H3,(H2-,29,30,33,34,35)/p+1. The summed E-state index contributed by atoms with van der Waals surface area (Å²) < 4.78 is 6.06. The highest BCUT2D eigenvalue weighted by molar-refractivity contribution is 9.10. The van der Waals surface area contributed by atoms with Crippen LogP contribution in [0.25, 0.3) is 0 Å². The molecule has 3 aromatic rings. The number of hydroxylamine groups is 3. The molecule has 0 spiro atoms. The normalized spacial score (nSPS) is 14.0. The topological polar surface area (TPSA) is 114 Å². The molecule has 1 aliphatic rings. The minimum absolute atomic E-state index is 0.104. The first-order valence-corrected chi connectivity index (χ1v) is 12.5. The van der Waals surface area contributed by atoms with Crippen molar-refractivity contribution in [2.75, 3.05) is 30.8 Å². The van der Waals surface area contributed by atoms with Gasteiger partial charge in [0.25, 0.3) is 0 Å². The van der Waals surface area contributed by atoms with Crippen LogP contribution < -0.4 is 20.2 Å². The number of carbonyl (C=O) groups is 3. The number of hydrogen-bond acceptors (Lipinski definition) is 5. The Labute approximate surface area is 222 Å². The lowest BCUT2D eigenvalue weighted by Gasteiger charge is -2.29. The number of carbonyl (C=O) groups excluding carboxylic acids is 2. The maximum absolute atomic E-state index is 13.4. The van der Waals surface area contributed by atoms with Crippen molar-refractivity contribution in [3.05, 3.63) is 82.3 Å². The van der Waals surface area contributed by atoms with Gasteiger partial charge in [0.05, 0.1) is 30.5 Å². The summed E-state index contributed by atoms with van der Waals surface area (Å²) in [5, 5.41) is 14.7. The van der Waals surface area contributed by atoms with Crippen molar-refractivity contribution in [1.82, 2.24) is 0 Å². The lowest BCUT2D eigenvalue weighted by Crippen LogP contribution is -2.53. The highest BCUT2D eigenvalue weighted by Crippen LogP contribution is 2.30. The Balaban J connectivity index is 1.46. The molecule has 9 nitrogen and oxygen atoms in total. The Morgan fingerprint density at radius 1 is 0.946 bits per heavy atom. The van der Waals surface area contributed by atoms with Crippen molar-refractivity contribution >= 4 is 45.2 Å². The second-order valence-corrected chi connectivity index (χ2v) is 9.48. The molecule has 0 radical (unpaired) electrons. The molecule has 192 valence electrons. The zero-order chi connectivity index (χ0) is 26.4. The zero-order valence-electron chi connectivity index (χ0n) is 20.2. The number of hydrogen-bond donors (Lipinski definition) is 3. The van der Waals surface area contributed by atoms with E-state index >= 15 is 0 Å². The number of carboxylic acid groups (broad SMARTS) is 1. The Morgan fingerprint density at radius 2 is 1.62 bits per heavy atom. The van der Waals surface area contributed by atoms with Crippen molar-refractivity contribution in [2.45, 2.75) is 19.3 Å². The molecule has 0 unspecified atom stereocenters. The first-order valence-electron chi connectivity index (χ1n) is 11.7. The number of likely N-dealkylation sites (tertiary alicyclic amines) is 1. The number of para-hydroxylation sites is 1. The molecule has 37 heavy (non-hydrogen) atoms. The maximum atomic E-state index is 13.4. The number of amides is 3. The largest absolute Gasteiger partial charge is 0.495 e. The molecule has 4 rings (SSSR count). The van der Waals surface area contributed by atoms with Gasteiger partial charge in [-0.1, -0.05) is 22.8 Å². The molecule has 1 heterocycles. The van der Waals surface area contributed by atoms with Crippen LogP contribution in [0.2, 0.25) is 0 Å². The van der Waals surface area contributed by atoms with Crippen molar-refractivity contribution in [2.24, 2.45) is 0 Å². The Morgan fingerprint density at radius 3 is 2.27 bits per heavy atom. The number of benzene rings is 3. The van der Waals surface area contributed by atoms with E-state index < -0.39 is 12.0 Å². The molecule has 1 aliphatic heterocycles. The third kappa shape index (κ3) is 6.28. The molecule has 0 aromatic heterocycles. The lowest BCUT2D eigenvalue weighted by molar-refractivity contribution is -1.00. The minimum atomic E-state index is -1.02. The van der Waals surface area contributed by atoms with Crippen LogP contribution in [0.1, 0.15) is 28.8 Å². The molecular weight excluding hydrogens is 542 g/mol. The number of rotatable bonds is 8. The predicted molar refractivity (Wildman–Crippen MR) is 142 cm³/mol. The van der Waals surface area contributed by atoms with Crippen LogP contribution in [0.3, 0.4) is 0 Å². The molecule has 3 N–H and O–H groups in total. The van der Waals surface area contributed by atoms with E-state index in [-0.39, 0.29) is 22.5 Å². The van der Waals surface area contributed by atoms with Crippen LogP contribution in [-0.2, 0) is 11.2 Å². The Kier molecular flexibility index (Phi) is 8.10. The highest BCUT2D eigenvalue weighted by atomic mass is 79.9. The Bertz CT molecular complexity index is 1310. The molecule has 0 aliphatic carbocycles. The number of ether oxygens (including phenoxy) is 1. The number of nitrogens with zero attached hydrogens (tertiary/aromatic N) is 1. The van der Waals surface area contributed by atoms with Gasteiger partial charge in [-0.05, 0) is 70.0 Å². The van der Waals surface area contributed by atoms with Crippen molar-refractivity contribution < 1.29 is 33.7 Å². The third-order valence-corrected chi connectivity index (χ3v) is 6.81. The summed E-state index contributed by atoms with van der Waals surface area (Å²) in [6, 6.07) is 18.1. The fraction of sp³-hybridized carbons (Fsp3) is 0.222. The fourth-order valence-electron chi connectivity index (χ4n) is 4.20. The summed E-state index contributed by atoms with van der Waals surface area (Å²) in [6.07, 6.45) is 1.79. The molecule has 0 bridgehead atoms. The van der Waals surface area contributed by atoms with Crippen LogP contribution in [0.15, 0.2) is 71.2 Å². The SMILES string of the molecule is COc1cc(CC(=O)[N+]2(Oc3ccc(C(=O)O)cc3)CCCC2)ccc1NC(=O)Nc1ccccc1Br. The fourth-order valence-corrected chi connectivity index (χ4v) is 4.59. The summed E-state index contributed by atoms with van der Waals surface area (Å²) in [7, 11) is 1.50. The van der Waals surface area contributed by atoms with E-state index in [4.69, 9.17) is 14.7 Å². The van der Waals surface area contributed by atoms with E-state index in [1.807, 2.05) is 18.2 Å². The molecule has 0 saturated carbocycles. The van der Waals surface area contributed by atoms with Gasteiger partial charge in [-0.15, -0.1) is 0 Å². The van der Waals surface area contributed by atoms with Gasteiger partial charge in [-0.25, -0.2) is 14.4 Å². The molecular formula is C27H27BrN3O6+. The van der Waals surface area contributed by atoms with E-state index in [2.05, 4.69) is 26.6 Å². The predicted octanol–water partition coefficient (Wildman–Crippen LogP) is 5.47. The molecule has 3 amide bonds. The van der Waals surface area contributed by atoms with Gasteiger partial charge in [-0.3, -0.25) is 0 Å². The van der Waals surface area contributed by atoms with E-state index in [0.717, 1.165) is 17.3 Å². The second kappa shape index (κ2) is 11.4. The zero-order valence-corrected chi connectivity index (χ0v) is 21.8. The van der Waals surface area contributed by atoms with Crippen LogP contribution in [0.4, 0.5) is 16.2 Å². The monoisotopic (exact) mass is 568 g/mol. The van der Waals surface area contributed by atoms with Crippen LogP contribution in [0.5, 0.6) is 11.5 Å². The van der Waals surface area contributed by atoms with Gasteiger partial charge in [-0.2, -0.15) is 0 Å². The van der Waals surface area contributed by atoms with Crippen LogP contribution in [-0.4, -0.2) is 47.9 Å². The number of nitrogens with one attached hydrogen (secondary N) is 2. The lowest BCUT2D eigenvalue weighted by atomic mass is 10.1. The number of anilines is 2. The van der Waals surface area contributed by atoms with Crippen LogP contribution in [0, 0.1) is 0 Å². The van der Waals surface area contributed by atoms with Gasteiger partial charge < -0.3 is 25.3 Å². The highest BCUT2D eigenvalue weighted by Gasteiger charge is 2.43. The summed E-state index contributed by atoms with van der Waals surface area (Å²) in [6.45, 7) is 1.07. The Hall–Kier alpha value is -3.89. The smallest absolute Gasteiger partial charge is 0.359 e. The number of quaternary nitrogens is 1. The number of halogens is 1. The minimum Gasteiger partial charge on any atom is -0.495 e. The average Bonchev–Trinajstić information content (AvgIpc) is 3.36. The van der Waals surface area contributed by atoms with Crippen LogP contribution >= 0.6 is 15.9 Å². The maximum Gasteiger partial charge on any atom is 0.359 e. The van der Waals surface area contributed by atoms with E-state index in [1.165, 1.54) is 19.2 Å². The second-order valence-electron chi connectivity index (χ2n) is 8.63. The van der Waals surface area contributed by atoms with Crippen molar-refractivity contribution in [1.29, 1.82) is 0 Å². The first kappa shape index (κ1) is 26.2. The molecule has 0 atom stereocenters. The van der Waals surface area contributed by atoms with Crippen molar-refractivity contribution in [3.63, 3.8) is 0 Å². The summed E-state index contributed by atoms with van der Waals surface area (Å²) in [5.74, 6) is -0.279. The molecule has 3 aromatic carbocycles. The summed E-state index contributed by atoms with van der Waals surface area (Å²) in [5.41, 5.74) is 1.95. The first-order chi connectivity index (χ1) is 17.8. The summed E-state index contributed by atoms with van der Waals surface area (Å²) in [4.78, 5) is 43.2. The van der Waals surface area contributed by atoms with Gasteiger partial charge in [0, 0.05) is 17.3 Å². The average molecular weight is 569 g/mol. The molecule has 1 fully saturated rings. The summed E-state index contributed by atoms with van der Waals surface area (Å²) >= 11 is 3.40. The number of aromatic carboxylic acids is 1. The van der Waals surface area contributed by atoms with Gasteiger partial charge in [0.2, 0.25) is 0 Å². The third-order valence-electron chi connectivity index (χ3n) is 6.12. The molecule has 10 heteroatoms. The van der Waals surface area contributed by atoms with E-state index in [9.17, 15) is 14.4 Å². The van der Waals surface area contributed by atoms with E-state index in [0.29, 0.717) is 41.5 Å². The van der Waals surface area contributed by atoms with Crippen molar-refractivity contribution in [3.8, 4) is 11.5 Å². The number of urea groups is 1. The number of methoxy groups -OCH3 is 1. The van der Waals surface area contributed by atoms with Gasteiger partial charge >= 0.3 is 17.9 Å². The van der Waals surface area contributed by atoms with Gasteiger partial charge in [0.1, 0.15) is 18.8 Å². The molecule has 1 saturated heterocycles. The van der Waals surface area contributed by atoms with Gasteiger partial charge in [0.15, 0.2) is 5.75 Å². The number of carboxylic acids is 1. The van der Waals surface area contributed by atoms with E-state index in [1.54, 1.807) is 36.4 Å².